The van der Waals surface area contributed by atoms with E-state index in [1.165, 1.54) is 6.42 Å². The number of hydrogen-bond acceptors (Lipinski definition) is 4. The SMILES string of the molecule is COc1ccc2c(c1)c(CC(=O)O[C@@H]1C[C@H](C)CC[C@H]1C(C)C)c(C)n2C(=O)c1ccc(Cl)cc1. The van der Waals surface area contributed by atoms with Crippen molar-refractivity contribution in [2.45, 2.75) is 59.5 Å². The van der Waals surface area contributed by atoms with Crippen molar-refractivity contribution in [2.24, 2.45) is 17.8 Å². The molecular weight excluding hydrogens is 462 g/mol. The minimum Gasteiger partial charge on any atom is -0.497 e. The summed E-state index contributed by atoms with van der Waals surface area (Å²) in [4.78, 5) is 26.7. The van der Waals surface area contributed by atoms with Crippen LogP contribution in [-0.2, 0) is 16.0 Å². The fourth-order valence-corrected chi connectivity index (χ4v) is 5.53. The number of benzene rings is 2. The van der Waals surface area contributed by atoms with Crippen molar-refractivity contribution < 1.29 is 19.1 Å². The number of carbonyl (C=O) groups excluding carboxylic acids is 2. The molecule has 1 fully saturated rings. The standard InChI is InChI=1S/C29H34ClNO4/c1-17(2)23-12-6-18(3)14-27(23)35-28(32)16-24-19(4)31(26-13-11-22(34-5)15-25(24)26)29(33)20-7-9-21(30)10-8-20/h7-11,13,15,17-18,23,27H,6,12,14,16H2,1-5H3/t18-,23+,27-/m1/s1. The Hall–Kier alpha value is -2.79. The molecule has 6 heteroatoms. The second-order valence-electron chi connectivity index (χ2n) is 10.1. The fourth-order valence-electron chi connectivity index (χ4n) is 5.40. The van der Waals surface area contributed by atoms with Gasteiger partial charge in [-0.15, -0.1) is 0 Å². The van der Waals surface area contributed by atoms with Crippen LogP contribution in [0.15, 0.2) is 42.5 Å². The fraction of sp³-hybridized carbons (Fsp3) is 0.448. The summed E-state index contributed by atoms with van der Waals surface area (Å²) in [6.45, 7) is 8.51. The topological polar surface area (TPSA) is 57.5 Å². The molecule has 0 saturated heterocycles. The zero-order valence-electron chi connectivity index (χ0n) is 21.1. The zero-order chi connectivity index (χ0) is 25.3. The quantitative estimate of drug-likeness (QED) is 0.351. The molecule has 1 saturated carbocycles. The minimum absolute atomic E-state index is 0.0647. The number of halogens is 1. The Kier molecular flexibility index (Phi) is 7.56. The molecule has 0 spiro atoms. The van der Waals surface area contributed by atoms with Gasteiger partial charge in [0.25, 0.3) is 5.91 Å². The summed E-state index contributed by atoms with van der Waals surface area (Å²) in [6, 6.07) is 12.4. The highest BCUT2D eigenvalue weighted by Crippen LogP contribution is 2.36. The minimum atomic E-state index is -0.251. The number of hydrogen-bond donors (Lipinski definition) is 0. The Balaban J connectivity index is 1.69. The van der Waals surface area contributed by atoms with E-state index in [1.807, 2.05) is 25.1 Å². The van der Waals surface area contributed by atoms with E-state index < -0.39 is 0 Å². The van der Waals surface area contributed by atoms with Gasteiger partial charge in [0.2, 0.25) is 0 Å². The molecule has 4 rings (SSSR count). The van der Waals surface area contributed by atoms with Gasteiger partial charge in [-0.25, -0.2) is 0 Å². The highest BCUT2D eigenvalue weighted by atomic mass is 35.5. The lowest BCUT2D eigenvalue weighted by atomic mass is 9.75. The number of nitrogens with zero attached hydrogens (tertiary/aromatic N) is 1. The Bertz CT molecular complexity index is 1230. The lowest BCUT2D eigenvalue weighted by molar-refractivity contribution is -0.155. The largest absolute Gasteiger partial charge is 0.497 e. The molecular formula is C29H34ClNO4. The highest BCUT2D eigenvalue weighted by Gasteiger charge is 2.34. The molecule has 0 radical (unpaired) electrons. The van der Waals surface area contributed by atoms with Crippen molar-refractivity contribution in [3.8, 4) is 5.75 Å². The van der Waals surface area contributed by atoms with Gasteiger partial charge in [-0.2, -0.15) is 0 Å². The maximum absolute atomic E-state index is 13.5. The average molecular weight is 496 g/mol. The van der Waals surface area contributed by atoms with E-state index in [1.54, 1.807) is 35.9 Å². The lowest BCUT2D eigenvalue weighted by Gasteiger charge is -2.36. The molecule has 1 aromatic heterocycles. The summed E-state index contributed by atoms with van der Waals surface area (Å²) in [7, 11) is 1.61. The number of carbonyl (C=O) groups is 2. The van der Waals surface area contributed by atoms with E-state index in [-0.39, 0.29) is 24.4 Å². The first-order valence-corrected chi connectivity index (χ1v) is 12.7. The molecule has 0 aliphatic heterocycles. The van der Waals surface area contributed by atoms with E-state index in [4.69, 9.17) is 21.1 Å². The summed E-state index contributed by atoms with van der Waals surface area (Å²) < 4.78 is 13.2. The van der Waals surface area contributed by atoms with Gasteiger partial charge in [-0.05, 0) is 85.5 Å². The van der Waals surface area contributed by atoms with Crippen LogP contribution < -0.4 is 4.74 Å². The van der Waals surface area contributed by atoms with Crippen LogP contribution in [0.5, 0.6) is 5.75 Å². The molecule has 2 aromatic carbocycles. The van der Waals surface area contributed by atoms with Gasteiger partial charge in [-0.1, -0.05) is 38.8 Å². The van der Waals surface area contributed by atoms with Crippen molar-refractivity contribution in [1.29, 1.82) is 0 Å². The molecule has 0 amide bonds. The smallest absolute Gasteiger partial charge is 0.310 e. The van der Waals surface area contributed by atoms with E-state index in [0.717, 1.165) is 35.0 Å². The molecule has 0 unspecified atom stereocenters. The van der Waals surface area contributed by atoms with E-state index in [2.05, 4.69) is 20.8 Å². The molecule has 1 heterocycles. The second-order valence-corrected chi connectivity index (χ2v) is 10.6. The van der Waals surface area contributed by atoms with Gasteiger partial charge in [0.15, 0.2) is 0 Å². The van der Waals surface area contributed by atoms with E-state index in [9.17, 15) is 9.59 Å². The molecule has 186 valence electrons. The average Bonchev–Trinajstić information content (AvgIpc) is 3.09. The highest BCUT2D eigenvalue weighted by molar-refractivity contribution is 6.30. The molecule has 3 aromatic rings. The normalized spacial score (nSPS) is 20.3. The van der Waals surface area contributed by atoms with Crippen molar-refractivity contribution >= 4 is 34.4 Å². The Morgan fingerprint density at radius 3 is 2.49 bits per heavy atom. The van der Waals surface area contributed by atoms with Crippen molar-refractivity contribution in [1.82, 2.24) is 4.57 Å². The first-order chi connectivity index (χ1) is 16.7. The molecule has 0 N–H and O–H groups in total. The third-order valence-electron chi connectivity index (χ3n) is 7.40. The summed E-state index contributed by atoms with van der Waals surface area (Å²) >= 11 is 6.02. The maximum Gasteiger partial charge on any atom is 0.310 e. The number of aromatic nitrogens is 1. The van der Waals surface area contributed by atoms with Gasteiger partial charge < -0.3 is 9.47 Å². The number of esters is 1. The predicted octanol–water partition coefficient (Wildman–Crippen LogP) is 6.85. The summed E-state index contributed by atoms with van der Waals surface area (Å²) in [5.74, 6) is 1.64. The second kappa shape index (κ2) is 10.4. The molecule has 1 aliphatic rings. The third-order valence-corrected chi connectivity index (χ3v) is 7.65. The van der Waals surface area contributed by atoms with E-state index >= 15 is 0 Å². The number of methoxy groups -OCH3 is 1. The summed E-state index contributed by atoms with van der Waals surface area (Å²) in [5, 5.41) is 1.39. The van der Waals surface area contributed by atoms with Crippen molar-refractivity contribution in [3.05, 3.63) is 64.3 Å². The Morgan fingerprint density at radius 1 is 1.11 bits per heavy atom. The van der Waals surface area contributed by atoms with Gasteiger partial charge in [0.1, 0.15) is 11.9 Å². The first-order valence-electron chi connectivity index (χ1n) is 12.4. The van der Waals surface area contributed by atoms with Crippen LogP contribution in [0.2, 0.25) is 5.02 Å². The number of ether oxygens (including phenoxy) is 2. The van der Waals surface area contributed by atoms with Crippen LogP contribution in [0.1, 0.15) is 61.6 Å². The van der Waals surface area contributed by atoms with Crippen LogP contribution >= 0.6 is 11.6 Å². The monoisotopic (exact) mass is 495 g/mol. The van der Waals surface area contributed by atoms with Crippen LogP contribution in [0.4, 0.5) is 0 Å². The van der Waals surface area contributed by atoms with Crippen molar-refractivity contribution in [3.63, 3.8) is 0 Å². The van der Waals surface area contributed by atoms with Crippen LogP contribution in [0.3, 0.4) is 0 Å². The molecule has 3 atom stereocenters. The van der Waals surface area contributed by atoms with Crippen LogP contribution in [0.25, 0.3) is 10.9 Å². The van der Waals surface area contributed by atoms with E-state index in [0.29, 0.717) is 34.1 Å². The van der Waals surface area contributed by atoms with Gasteiger partial charge in [0.05, 0.1) is 19.0 Å². The summed E-state index contributed by atoms with van der Waals surface area (Å²) in [6.07, 6.45) is 3.20. The zero-order valence-corrected chi connectivity index (χ0v) is 21.9. The Morgan fingerprint density at radius 2 is 1.83 bits per heavy atom. The predicted molar refractivity (Wildman–Crippen MR) is 139 cm³/mol. The third kappa shape index (κ3) is 5.25. The molecule has 5 nitrogen and oxygen atoms in total. The first kappa shape index (κ1) is 25.3. The molecule has 0 bridgehead atoms. The summed E-state index contributed by atoms with van der Waals surface area (Å²) in [5.41, 5.74) is 2.77. The van der Waals surface area contributed by atoms with Gasteiger partial charge in [0, 0.05) is 21.7 Å². The van der Waals surface area contributed by atoms with Crippen LogP contribution in [0, 0.1) is 24.7 Å². The maximum atomic E-state index is 13.5. The lowest BCUT2D eigenvalue weighted by Crippen LogP contribution is -2.36. The molecule has 35 heavy (non-hydrogen) atoms. The van der Waals surface area contributed by atoms with Crippen molar-refractivity contribution in [2.75, 3.05) is 7.11 Å². The van der Waals surface area contributed by atoms with Gasteiger partial charge >= 0.3 is 5.97 Å². The van der Waals surface area contributed by atoms with Crippen LogP contribution in [-0.4, -0.2) is 29.7 Å². The molecule has 1 aliphatic carbocycles. The van der Waals surface area contributed by atoms with Gasteiger partial charge in [-0.3, -0.25) is 14.2 Å². The number of rotatable bonds is 6. The number of fused-ring (bicyclic) bond motifs is 1. The Labute approximate surface area is 212 Å².